The Morgan fingerprint density at radius 1 is 1.11 bits per heavy atom. The van der Waals surface area contributed by atoms with Crippen molar-refractivity contribution in [3.05, 3.63) is 81.0 Å². The smallest absolute Gasteiger partial charge is 0.254 e. The number of aromatic nitrogens is 1. The average molecular weight is 448 g/mol. The van der Waals surface area contributed by atoms with Crippen LogP contribution in [0.4, 0.5) is 9.52 Å². The molecular formula is C19H15BrFN3O2S. The number of nitrogens with zero attached hydrogens (tertiary/aromatic N) is 1. The van der Waals surface area contributed by atoms with Crippen molar-refractivity contribution >= 4 is 44.2 Å². The van der Waals surface area contributed by atoms with E-state index in [1.807, 2.05) is 24.3 Å². The minimum atomic E-state index is -0.640. The maximum Gasteiger partial charge on any atom is 0.254 e. The lowest BCUT2D eigenvalue weighted by atomic mass is 10.1. The molecule has 0 fully saturated rings. The standard InChI is InChI=1S/C19H15BrFN3O2S/c20-13-7-5-12(6-8-13)9-14-10-23-19(27-14)24-17(25)11-22-18(26)15-3-1-2-4-16(15)21/h1-8,10H,9,11H2,(H,22,26)(H,23,24,25). The number of halogens is 2. The zero-order chi connectivity index (χ0) is 19.2. The van der Waals surface area contributed by atoms with E-state index in [9.17, 15) is 14.0 Å². The molecule has 1 heterocycles. The summed E-state index contributed by atoms with van der Waals surface area (Å²) in [7, 11) is 0. The number of amides is 2. The van der Waals surface area contributed by atoms with Crippen LogP contribution in [-0.2, 0) is 11.2 Å². The molecule has 0 saturated carbocycles. The van der Waals surface area contributed by atoms with E-state index in [0.717, 1.165) is 14.9 Å². The van der Waals surface area contributed by atoms with Crippen LogP contribution in [0.1, 0.15) is 20.8 Å². The van der Waals surface area contributed by atoms with Gasteiger partial charge in [-0.3, -0.25) is 9.59 Å². The number of nitrogens with one attached hydrogen (secondary N) is 2. The quantitative estimate of drug-likeness (QED) is 0.599. The van der Waals surface area contributed by atoms with E-state index < -0.39 is 17.6 Å². The molecule has 0 bridgehead atoms. The summed E-state index contributed by atoms with van der Waals surface area (Å²) in [6.07, 6.45) is 2.42. The Labute approximate surface area is 167 Å². The number of anilines is 1. The van der Waals surface area contributed by atoms with Gasteiger partial charge in [0.1, 0.15) is 5.82 Å². The molecular weight excluding hydrogens is 433 g/mol. The molecule has 27 heavy (non-hydrogen) atoms. The van der Waals surface area contributed by atoms with Gasteiger partial charge in [-0.2, -0.15) is 0 Å². The van der Waals surface area contributed by atoms with Gasteiger partial charge in [-0.1, -0.05) is 40.2 Å². The Morgan fingerprint density at radius 2 is 1.85 bits per heavy atom. The fourth-order valence-electron chi connectivity index (χ4n) is 2.32. The van der Waals surface area contributed by atoms with E-state index in [2.05, 4.69) is 31.5 Å². The van der Waals surface area contributed by atoms with E-state index in [0.29, 0.717) is 11.6 Å². The number of thiazole rings is 1. The van der Waals surface area contributed by atoms with Crippen LogP contribution in [0.3, 0.4) is 0 Å². The van der Waals surface area contributed by atoms with Gasteiger partial charge in [0.25, 0.3) is 5.91 Å². The van der Waals surface area contributed by atoms with Crippen molar-refractivity contribution < 1.29 is 14.0 Å². The van der Waals surface area contributed by atoms with Gasteiger partial charge in [0.05, 0.1) is 12.1 Å². The second kappa shape index (κ2) is 8.88. The lowest BCUT2D eigenvalue weighted by Crippen LogP contribution is -2.33. The van der Waals surface area contributed by atoms with Gasteiger partial charge in [0, 0.05) is 22.0 Å². The van der Waals surface area contributed by atoms with Crippen LogP contribution in [0, 0.1) is 5.82 Å². The summed E-state index contributed by atoms with van der Waals surface area (Å²) in [6, 6.07) is 13.6. The highest BCUT2D eigenvalue weighted by molar-refractivity contribution is 9.10. The Hall–Kier alpha value is -2.58. The van der Waals surface area contributed by atoms with Crippen molar-refractivity contribution in [1.82, 2.24) is 10.3 Å². The number of hydrogen-bond acceptors (Lipinski definition) is 4. The Balaban J connectivity index is 1.51. The number of benzene rings is 2. The van der Waals surface area contributed by atoms with Crippen molar-refractivity contribution in [2.75, 3.05) is 11.9 Å². The molecule has 2 amide bonds. The third kappa shape index (κ3) is 5.45. The van der Waals surface area contributed by atoms with Crippen LogP contribution in [-0.4, -0.2) is 23.3 Å². The van der Waals surface area contributed by atoms with Gasteiger partial charge in [0.2, 0.25) is 5.91 Å². The predicted molar refractivity (Wildman–Crippen MR) is 106 cm³/mol. The molecule has 2 aromatic carbocycles. The lowest BCUT2D eigenvalue weighted by molar-refractivity contribution is -0.115. The highest BCUT2D eigenvalue weighted by atomic mass is 79.9. The van der Waals surface area contributed by atoms with E-state index in [4.69, 9.17) is 0 Å². The van der Waals surface area contributed by atoms with Gasteiger partial charge in [-0.05, 0) is 29.8 Å². The van der Waals surface area contributed by atoms with Crippen LogP contribution in [0.2, 0.25) is 0 Å². The Morgan fingerprint density at radius 3 is 2.59 bits per heavy atom. The number of rotatable bonds is 6. The third-order valence-corrected chi connectivity index (χ3v) is 5.06. The molecule has 2 N–H and O–H groups in total. The largest absolute Gasteiger partial charge is 0.343 e. The van der Waals surface area contributed by atoms with Crippen LogP contribution in [0.25, 0.3) is 0 Å². The van der Waals surface area contributed by atoms with Gasteiger partial charge in [0.15, 0.2) is 5.13 Å². The maximum absolute atomic E-state index is 13.5. The van der Waals surface area contributed by atoms with Crippen molar-refractivity contribution in [2.24, 2.45) is 0 Å². The predicted octanol–water partition coefficient (Wildman–Crippen LogP) is 4.00. The van der Waals surface area contributed by atoms with Crippen LogP contribution < -0.4 is 10.6 Å². The SMILES string of the molecule is O=C(CNC(=O)c1ccccc1F)Nc1ncc(Cc2ccc(Br)cc2)s1. The second-order valence-corrected chi connectivity index (χ2v) is 7.68. The van der Waals surface area contributed by atoms with Crippen molar-refractivity contribution in [1.29, 1.82) is 0 Å². The number of hydrogen-bond donors (Lipinski definition) is 2. The molecule has 0 saturated heterocycles. The molecule has 3 rings (SSSR count). The maximum atomic E-state index is 13.5. The summed E-state index contributed by atoms with van der Waals surface area (Å²) in [5.41, 5.74) is 1.04. The third-order valence-electron chi connectivity index (χ3n) is 3.62. The zero-order valence-electron chi connectivity index (χ0n) is 14.0. The lowest BCUT2D eigenvalue weighted by Gasteiger charge is -2.05. The fraction of sp³-hybridized carbons (Fsp3) is 0.105. The van der Waals surface area contributed by atoms with Gasteiger partial charge in [-0.15, -0.1) is 11.3 Å². The molecule has 3 aromatic rings. The van der Waals surface area contributed by atoms with Crippen molar-refractivity contribution in [3.63, 3.8) is 0 Å². The first-order chi connectivity index (χ1) is 13.0. The Kier molecular flexibility index (Phi) is 6.31. The molecule has 0 atom stereocenters. The second-order valence-electron chi connectivity index (χ2n) is 5.65. The summed E-state index contributed by atoms with van der Waals surface area (Å²) in [5, 5.41) is 5.48. The van der Waals surface area contributed by atoms with E-state index in [-0.39, 0.29) is 12.1 Å². The van der Waals surface area contributed by atoms with Crippen LogP contribution in [0.5, 0.6) is 0 Å². The highest BCUT2D eigenvalue weighted by Crippen LogP contribution is 2.22. The molecule has 138 valence electrons. The molecule has 0 aliphatic rings. The van der Waals surface area contributed by atoms with Gasteiger partial charge < -0.3 is 10.6 Å². The molecule has 0 aliphatic heterocycles. The van der Waals surface area contributed by atoms with Crippen LogP contribution >= 0.6 is 27.3 Å². The minimum Gasteiger partial charge on any atom is -0.343 e. The first-order valence-electron chi connectivity index (χ1n) is 8.03. The number of carbonyl (C=O) groups excluding carboxylic acids is 2. The van der Waals surface area contributed by atoms with Gasteiger partial charge >= 0.3 is 0 Å². The monoisotopic (exact) mass is 447 g/mol. The van der Waals surface area contributed by atoms with Crippen LogP contribution in [0.15, 0.2) is 59.2 Å². The molecule has 0 unspecified atom stereocenters. The normalized spacial score (nSPS) is 10.4. The molecule has 0 radical (unpaired) electrons. The highest BCUT2D eigenvalue weighted by Gasteiger charge is 2.13. The molecule has 1 aromatic heterocycles. The summed E-state index contributed by atoms with van der Waals surface area (Å²) < 4.78 is 14.6. The summed E-state index contributed by atoms with van der Waals surface area (Å²) >= 11 is 4.76. The average Bonchev–Trinajstić information content (AvgIpc) is 3.09. The zero-order valence-corrected chi connectivity index (χ0v) is 16.4. The molecule has 0 spiro atoms. The van der Waals surface area contributed by atoms with E-state index in [1.165, 1.54) is 29.5 Å². The molecule has 0 aliphatic carbocycles. The van der Waals surface area contributed by atoms with E-state index in [1.54, 1.807) is 12.3 Å². The van der Waals surface area contributed by atoms with Crippen molar-refractivity contribution in [3.8, 4) is 0 Å². The summed E-state index contributed by atoms with van der Waals surface area (Å²) in [6.45, 7) is -0.269. The van der Waals surface area contributed by atoms with Crippen molar-refractivity contribution in [2.45, 2.75) is 6.42 Å². The first-order valence-corrected chi connectivity index (χ1v) is 9.64. The minimum absolute atomic E-state index is 0.101. The topological polar surface area (TPSA) is 71.1 Å². The van der Waals surface area contributed by atoms with E-state index >= 15 is 0 Å². The summed E-state index contributed by atoms with van der Waals surface area (Å²) in [4.78, 5) is 29.1. The van der Waals surface area contributed by atoms with Gasteiger partial charge in [-0.25, -0.2) is 9.37 Å². The summed E-state index contributed by atoms with van der Waals surface area (Å²) in [5.74, 6) is -1.70. The fourth-order valence-corrected chi connectivity index (χ4v) is 3.44. The Bertz CT molecular complexity index is 960. The molecule has 5 nitrogen and oxygen atoms in total. The number of carbonyl (C=O) groups is 2. The first kappa shape index (κ1) is 19.2. The molecule has 8 heteroatoms.